The van der Waals surface area contributed by atoms with Gasteiger partial charge in [0.05, 0.1) is 11.9 Å². The highest BCUT2D eigenvalue weighted by atomic mass is 16.4. The minimum absolute atomic E-state index is 0.861. The van der Waals surface area contributed by atoms with E-state index in [0.717, 1.165) is 17.0 Å². The number of aromatic nitrogens is 1. The van der Waals surface area contributed by atoms with E-state index in [1.807, 2.05) is 19.9 Å². The maximum atomic E-state index is 8.20. The summed E-state index contributed by atoms with van der Waals surface area (Å²) in [4.78, 5) is 3.04. The molecule has 10 heavy (non-hydrogen) atoms. The second kappa shape index (κ2) is 2.56. The summed E-state index contributed by atoms with van der Waals surface area (Å²) in [5, 5.41) is 11.1. The van der Waals surface area contributed by atoms with Crippen molar-refractivity contribution in [3.05, 3.63) is 23.0 Å². The van der Waals surface area contributed by atoms with Crippen molar-refractivity contribution in [3.63, 3.8) is 0 Å². The summed E-state index contributed by atoms with van der Waals surface area (Å²) in [6.45, 7) is 3.92. The molecule has 0 spiro atoms. The lowest BCUT2D eigenvalue weighted by Crippen LogP contribution is -1.83. The van der Waals surface area contributed by atoms with Gasteiger partial charge in [-0.1, -0.05) is 5.16 Å². The molecule has 1 aromatic heterocycles. The van der Waals surface area contributed by atoms with Crippen molar-refractivity contribution in [2.45, 2.75) is 13.8 Å². The minimum Gasteiger partial charge on any atom is -0.411 e. The predicted octanol–water partition coefficient (Wildman–Crippen LogP) is 1.44. The lowest BCUT2D eigenvalue weighted by molar-refractivity contribution is 0.321. The molecule has 0 aliphatic carbocycles. The van der Waals surface area contributed by atoms with Gasteiger partial charge in [0.25, 0.3) is 0 Å². The fourth-order valence-electron chi connectivity index (χ4n) is 0.941. The predicted molar refractivity (Wildman–Crippen MR) is 39.6 cm³/mol. The second-order valence-electron chi connectivity index (χ2n) is 2.29. The van der Waals surface area contributed by atoms with Crippen LogP contribution in [0.3, 0.4) is 0 Å². The molecule has 1 rings (SSSR count). The molecule has 0 aliphatic rings. The molecule has 0 aromatic carbocycles. The molecule has 3 heteroatoms. The first-order chi connectivity index (χ1) is 4.74. The molecule has 0 saturated heterocycles. The first-order valence-corrected chi connectivity index (χ1v) is 3.07. The van der Waals surface area contributed by atoms with E-state index >= 15 is 0 Å². The Morgan fingerprint density at radius 2 is 2.30 bits per heavy atom. The monoisotopic (exact) mass is 138 g/mol. The summed E-state index contributed by atoms with van der Waals surface area (Å²) in [5.41, 5.74) is 3.03. The van der Waals surface area contributed by atoms with Gasteiger partial charge < -0.3 is 10.2 Å². The second-order valence-corrected chi connectivity index (χ2v) is 2.29. The highest BCUT2D eigenvalue weighted by Crippen LogP contribution is 2.05. The molecule has 0 bridgehead atoms. The minimum atomic E-state index is 0.861. The number of oxime groups is 1. The van der Waals surface area contributed by atoms with E-state index in [-0.39, 0.29) is 0 Å². The van der Waals surface area contributed by atoms with E-state index in [1.54, 1.807) is 0 Å². The molecule has 0 amide bonds. The lowest BCUT2D eigenvalue weighted by atomic mass is 10.3. The largest absolute Gasteiger partial charge is 0.411 e. The summed E-state index contributed by atoms with van der Waals surface area (Å²) in [6.07, 6.45) is 1.39. The Hall–Kier alpha value is -1.25. The SMILES string of the molecule is Cc1cc(C)c(/C=N/O)[nH]1. The summed E-state index contributed by atoms with van der Waals surface area (Å²) in [6, 6.07) is 2.00. The van der Waals surface area contributed by atoms with Crippen molar-refractivity contribution >= 4 is 6.21 Å². The number of nitrogens with zero attached hydrogens (tertiary/aromatic N) is 1. The van der Waals surface area contributed by atoms with Crippen LogP contribution in [-0.4, -0.2) is 16.4 Å². The number of aryl methyl sites for hydroxylation is 2. The fraction of sp³-hybridized carbons (Fsp3) is 0.286. The number of hydrogen-bond acceptors (Lipinski definition) is 2. The van der Waals surface area contributed by atoms with E-state index in [9.17, 15) is 0 Å². The van der Waals surface area contributed by atoms with Crippen LogP contribution in [0.25, 0.3) is 0 Å². The Labute approximate surface area is 59.4 Å². The lowest BCUT2D eigenvalue weighted by Gasteiger charge is -1.85. The third kappa shape index (κ3) is 1.18. The van der Waals surface area contributed by atoms with Gasteiger partial charge in [-0.05, 0) is 25.5 Å². The third-order valence-corrected chi connectivity index (χ3v) is 1.38. The van der Waals surface area contributed by atoms with Crippen LogP contribution in [0.4, 0.5) is 0 Å². The van der Waals surface area contributed by atoms with Crippen LogP contribution in [0.2, 0.25) is 0 Å². The average molecular weight is 138 g/mol. The summed E-state index contributed by atoms with van der Waals surface area (Å²) >= 11 is 0. The first kappa shape index (κ1) is 6.86. The normalized spacial score (nSPS) is 11.0. The Balaban J connectivity index is 3.03. The molecule has 0 unspecified atom stereocenters. The standard InChI is InChI=1S/C7H10N2O/c1-5-3-6(2)9-7(5)4-8-10/h3-4,9-10H,1-2H3/b8-4+. The van der Waals surface area contributed by atoms with Gasteiger partial charge in [0.15, 0.2) is 0 Å². The molecule has 54 valence electrons. The van der Waals surface area contributed by atoms with E-state index in [0.29, 0.717) is 0 Å². The first-order valence-electron chi connectivity index (χ1n) is 3.07. The molecule has 0 radical (unpaired) electrons. The van der Waals surface area contributed by atoms with Gasteiger partial charge in [0, 0.05) is 5.69 Å². The van der Waals surface area contributed by atoms with Crippen molar-refractivity contribution in [3.8, 4) is 0 Å². The van der Waals surface area contributed by atoms with Crippen LogP contribution in [0.5, 0.6) is 0 Å². The van der Waals surface area contributed by atoms with Crippen molar-refractivity contribution in [2.75, 3.05) is 0 Å². The van der Waals surface area contributed by atoms with E-state index < -0.39 is 0 Å². The van der Waals surface area contributed by atoms with Gasteiger partial charge in [-0.3, -0.25) is 0 Å². The number of aromatic amines is 1. The fourth-order valence-corrected chi connectivity index (χ4v) is 0.941. The third-order valence-electron chi connectivity index (χ3n) is 1.38. The summed E-state index contributed by atoms with van der Waals surface area (Å²) in [5.74, 6) is 0. The van der Waals surface area contributed by atoms with E-state index in [1.165, 1.54) is 6.21 Å². The molecule has 0 aliphatic heterocycles. The molecule has 1 aromatic rings. The number of nitrogens with one attached hydrogen (secondary N) is 1. The van der Waals surface area contributed by atoms with Gasteiger partial charge >= 0.3 is 0 Å². The highest BCUT2D eigenvalue weighted by molar-refractivity contribution is 5.78. The van der Waals surface area contributed by atoms with Gasteiger partial charge in [-0.15, -0.1) is 0 Å². The topological polar surface area (TPSA) is 48.4 Å². The summed E-state index contributed by atoms with van der Waals surface area (Å²) < 4.78 is 0. The smallest absolute Gasteiger partial charge is 0.0899 e. The van der Waals surface area contributed by atoms with E-state index in [2.05, 4.69) is 10.1 Å². The van der Waals surface area contributed by atoms with Gasteiger partial charge in [-0.2, -0.15) is 0 Å². The van der Waals surface area contributed by atoms with Crippen LogP contribution in [0.15, 0.2) is 11.2 Å². The maximum Gasteiger partial charge on any atom is 0.0899 e. The molecule has 2 N–H and O–H groups in total. The average Bonchev–Trinajstić information content (AvgIpc) is 2.13. The van der Waals surface area contributed by atoms with Crippen molar-refractivity contribution < 1.29 is 5.21 Å². The Kier molecular flexibility index (Phi) is 1.76. The number of rotatable bonds is 1. The van der Waals surface area contributed by atoms with Gasteiger partial charge in [0.1, 0.15) is 0 Å². The Bertz CT molecular complexity index is 250. The van der Waals surface area contributed by atoms with Crippen LogP contribution < -0.4 is 0 Å². The Morgan fingerprint density at radius 1 is 1.60 bits per heavy atom. The van der Waals surface area contributed by atoms with Crippen LogP contribution in [-0.2, 0) is 0 Å². The van der Waals surface area contributed by atoms with E-state index in [4.69, 9.17) is 5.21 Å². The molecule has 0 fully saturated rings. The van der Waals surface area contributed by atoms with Crippen LogP contribution in [0.1, 0.15) is 17.0 Å². The number of hydrogen-bond donors (Lipinski definition) is 2. The van der Waals surface area contributed by atoms with Gasteiger partial charge in [-0.25, -0.2) is 0 Å². The molecule has 0 atom stereocenters. The maximum absolute atomic E-state index is 8.20. The zero-order valence-corrected chi connectivity index (χ0v) is 6.05. The van der Waals surface area contributed by atoms with Gasteiger partial charge in [0.2, 0.25) is 0 Å². The number of H-pyrrole nitrogens is 1. The molecular weight excluding hydrogens is 128 g/mol. The summed E-state index contributed by atoms with van der Waals surface area (Å²) in [7, 11) is 0. The van der Waals surface area contributed by atoms with Crippen molar-refractivity contribution in [2.24, 2.45) is 5.16 Å². The molecule has 3 nitrogen and oxygen atoms in total. The van der Waals surface area contributed by atoms with Crippen LogP contribution in [0, 0.1) is 13.8 Å². The highest BCUT2D eigenvalue weighted by Gasteiger charge is 1.96. The quantitative estimate of drug-likeness (QED) is 0.344. The van der Waals surface area contributed by atoms with Crippen molar-refractivity contribution in [1.29, 1.82) is 0 Å². The zero-order chi connectivity index (χ0) is 7.56. The zero-order valence-electron chi connectivity index (χ0n) is 6.05. The van der Waals surface area contributed by atoms with Crippen molar-refractivity contribution in [1.82, 2.24) is 4.98 Å². The molecule has 0 saturated carbocycles. The Morgan fingerprint density at radius 3 is 2.70 bits per heavy atom. The van der Waals surface area contributed by atoms with Crippen LogP contribution >= 0.6 is 0 Å². The molecular formula is C7H10N2O. The molecule has 1 heterocycles.